The summed E-state index contributed by atoms with van der Waals surface area (Å²) >= 11 is 0. The number of carbonyl (C=O) groups excluding carboxylic acids is 1. The number of furan rings is 1. The van der Waals surface area contributed by atoms with Crippen LogP contribution in [0.5, 0.6) is 0 Å². The van der Waals surface area contributed by atoms with Crippen molar-refractivity contribution in [3.63, 3.8) is 0 Å². The van der Waals surface area contributed by atoms with E-state index in [-0.39, 0.29) is 11.6 Å². The zero-order chi connectivity index (χ0) is 18.6. The molecular formula is C16H19F2N2O4S+. The van der Waals surface area contributed by atoms with Crippen molar-refractivity contribution in [3.05, 3.63) is 54.0 Å². The molecule has 0 spiro atoms. The Bertz CT molecular complexity index is 803. The number of hydrogen-bond acceptors (Lipinski definition) is 4. The Morgan fingerprint density at radius 2 is 1.84 bits per heavy atom. The van der Waals surface area contributed by atoms with E-state index in [1.54, 1.807) is 12.3 Å². The zero-order valence-corrected chi connectivity index (χ0v) is 14.5. The molecule has 136 valence electrons. The molecule has 0 aliphatic rings. The Labute approximate surface area is 144 Å². The molecule has 1 atom stereocenters. The molecule has 0 saturated heterocycles. The number of carbonyl (C=O) groups is 1. The predicted molar refractivity (Wildman–Crippen MR) is 86.2 cm³/mol. The molecule has 25 heavy (non-hydrogen) atoms. The van der Waals surface area contributed by atoms with Crippen LogP contribution in [0.4, 0.5) is 8.78 Å². The van der Waals surface area contributed by atoms with Crippen LogP contribution in [-0.4, -0.2) is 40.7 Å². The van der Waals surface area contributed by atoms with E-state index in [9.17, 15) is 22.0 Å². The maximum absolute atomic E-state index is 12.5. The van der Waals surface area contributed by atoms with Crippen molar-refractivity contribution in [2.45, 2.75) is 16.7 Å². The van der Waals surface area contributed by atoms with Gasteiger partial charge in [0, 0.05) is 5.56 Å². The summed E-state index contributed by atoms with van der Waals surface area (Å²) in [6.07, 6.45) is 1.55. The van der Waals surface area contributed by atoms with Gasteiger partial charge in [-0.25, -0.2) is 8.42 Å². The van der Waals surface area contributed by atoms with Crippen LogP contribution >= 0.6 is 0 Å². The third kappa shape index (κ3) is 4.43. The number of amides is 1. The topological polar surface area (TPSA) is 80.8 Å². The quantitative estimate of drug-likeness (QED) is 0.755. The van der Waals surface area contributed by atoms with Gasteiger partial charge in [-0.1, -0.05) is 0 Å². The maximum atomic E-state index is 12.5. The number of benzene rings is 1. The molecule has 1 aromatic carbocycles. The molecule has 0 fully saturated rings. The third-order valence-electron chi connectivity index (χ3n) is 3.73. The summed E-state index contributed by atoms with van der Waals surface area (Å²) in [5.74, 6) is -3.21. The highest BCUT2D eigenvalue weighted by atomic mass is 32.2. The molecule has 0 saturated carbocycles. The van der Waals surface area contributed by atoms with E-state index in [2.05, 4.69) is 5.32 Å². The van der Waals surface area contributed by atoms with E-state index in [0.29, 0.717) is 6.54 Å². The number of likely N-dealkylation sites (N-methyl/N-ethyl adjacent to an activating group) is 1. The van der Waals surface area contributed by atoms with Crippen molar-refractivity contribution in [3.8, 4) is 0 Å². The van der Waals surface area contributed by atoms with Gasteiger partial charge in [0.2, 0.25) is 9.84 Å². The number of nitrogens with one attached hydrogen (secondary N) is 2. The molecule has 1 aromatic heterocycles. The summed E-state index contributed by atoms with van der Waals surface area (Å²) in [5, 5.41) is 2.73. The first-order valence-electron chi connectivity index (χ1n) is 7.47. The van der Waals surface area contributed by atoms with Crippen LogP contribution in [0.3, 0.4) is 0 Å². The fourth-order valence-electron chi connectivity index (χ4n) is 2.27. The van der Waals surface area contributed by atoms with Gasteiger partial charge < -0.3 is 14.6 Å². The molecule has 9 heteroatoms. The standard InChI is InChI=1S/C16H18F2N2O4S/c1-20(2)13(14-4-3-9-24-14)10-19-15(21)11-5-7-12(8-6-11)25(22,23)16(17)18/h3-9,13,16H,10H2,1-2H3,(H,19,21)/p+1/t13-/m1/s1. The van der Waals surface area contributed by atoms with Crippen molar-refractivity contribution in [1.29, 1.82) is 0 Å². The lowest BCUT2D eigenvalue weighted by molar-refractivity contribution is -0.891. The molecular weight excluding hydrogens is 354 g/mol. The van der Waals surface area contributed by atoms with Crippen molar-refractivity contribution in [1.82, 2.24) is 5.32 Å². The van der Waals surface area contributed by atoms with Crippen LogP contribution in [0.15, 0.2) is 52.0 Å². The van der Waals surface area contributed by atoms with Crippen LogP contribution in [0.25, 0.3) is 0 Å². The van der Waals surface area contributed by atoms with Crippen molar-refractivity contribution in [2.75, 3.05) is 20.6 Å². The van der Waals surface area contributed by atoms with Gasteiger partial charge in [-0.2, -0.15) is 8.78 Å². The lowest BCUT2D eigenvalue weighted by atomic mass is 10.2. The van der Waals surface area contributed by atoms with Crippen molar-refractivity contribution in [2.24, 2.45) is 0 Å². The van der Waals surface area contributed by atoms with Gasteiger partial charge in [0.25, 0.3) is 5.91 Å². The fourth-order valence-corrected chi connectivity index (χ4v) is 3.00. The molecule has 0 aliphatic heterocycles. The van der Waals surface area contributed by atoms with E-state index >= 15 is 0 Å². The fraction of sp³-hybridized carbons (Fsp3) is 0.312. The summed E-state index contributed by atoms with van der Waals surface area (Å²) in [6.45, 7) is 0.297. The van der Waals surface area contributed by atoms with E-state index in [4.69, 9.17) is 4.42 Å². The highest BCUT2D eigenvalue weighted by molar-refractivity contribution is 7.91. The monoisotopic (exact) mass is 373 g/mol. The molecule has 0 unspecified atom stereocenters. The van der Waals surface area contributed by atoms with Gasteiger partial charge in [0.15, 0.2) is 11.8 Å². The van der Waals surface area contributed by atoms with E-state index in [0.717, 1.165) is 22.8 Å². The second-order valence-electron chi connectivity index (χ2n) is 5.69. The number of hydrogen-bond donors (Lipinski definition) is 2. The molecule has 0 radical (unpaired) electrons. The summed E-state index contributed by atoms with van der Waals surface area (Å²) in [4.78, 5) is 12.7. The van der Waals surface area contributed by atoms with E-state index < -0.39 is 26.4 Å². The Morgan fingerprint density at radius 3 is 2.32 bits per heavy atom. The first-order chi connectivity index (χ1) is 11.7. The van der Waals surface area contributed by atoms with Crippen LogP contribution in [-0.2, 0) is 9.84 Å². The Kier molecular flexibility index (Phi) is 5.91. The van der Waals surface area contributed by atoms with Crippen LogP contribution in [0, 0.1) is 0 Å². The zero-order valence-electron chi connectivity index (χ0n) is 13.7. The lowest BCUT2D eigenvalue weighted by Crippen LogP contribution is -3.07. The van der Waals surface area contributed by atoms with Crippen LogP contribution in [0.2, 0.25) is 0 Å². The lowest BCUT2D eigenvalue weighted by Gasteiger charge is -2.19. The summed E-state index contributed by atoms with van der Waals surface area (Å²) in [6, 6.07) is 7.87. The summed E-state index contributed by atoms with van der Waals surface area (Å²) < 4.78 is 53.1. The number of halogens is 2. The number of sulfone groups is 1. The SMILES string of the molecule is C[NH+](C)[C@H](CNC(=O)c1ccc(S(=O)(=O)C(F)F)cc1)c1ccco1. The van der Waals surface area contributed by atoms with Gasteiger partial charge in [-0.05, 0) is 36.4 Å². The molecule has 1 heterocycles. The van der Waals surface area contributed by atoms with Gasteiger partial charge in [-0.15, -0.1) is 0 Å². The minimum absolute atomic E-state index is 0.0996. The Balaban J connectivity index is 2.06. The Morgan fingerprint density at radius 1 is 1.20 bits per heavy atom. The average Bonchev–Trinajstić information content (AvgIpc) is 3.08. The van der Waals surface area contributed by atoms with Crippen LogP contribution < -0.4 is 10.2 Å². The van der Waals surface area contributed by atoms with Gasteiger partial charge >= 0.3 is 5.76 Å². The predicted octanol–water partition coefficient (Wildman–Crippen LogP) is 0.892. The molecule has 2 aromatic rings. The van der Waals surface area contributed by atoms with Crippen molar-refractivity contribution < 1.29 is 31.3 Å². The number of quaternary nitrogens is 1. The molecule has 2 rings (SSSR count). The molecule has 6 nitrogen and oxygen atoms in total. The van der Waals surface area contributed by atoms with Gasteiger partial charge in [0.05, 0.1) is 31.8 Å². The largest absolute Gasteiger partial charge is 0.463 e. The van der Waals surface area contributed by atoms with E-state index in [1.165, 1.54) is 12.1 Å². The minimum atomic E-state index is -4.67. The average molecular weight is 373 g/mol. The summed E-state index contributed by atoms with van der Waals surface area (Å²) in [5.41, 5.74) is 0.181. The maximum Gasteiger partial charge on any atom is 0.341 e. The Hall–Kier alpha value is -2.26. The third-order valence-corrected chi connectivity index (χ3v) is 5.13. The van der Waals surface area contributed by atoms with Crippen molar-refractivity contribution >= 4 is 15.7 Å². The molecule has 1 amide bonds. The van der Waals surface area contributed by atoms with E-state index in [1.807, 2.05) is 20.2 Å². The second kappa shape index (κ2) is 7.75. The molecule has 0 bridgehead atoms. The highest BCUT2D eigenvalue weighted by Crippen LogP contribution is 2.18. The first-order valence-corrected chi connectivity index (χ1v) is 9.02. The number of alkyl halides is 2. The highest BCUT2D eigenvalue weighted by Gasteiger charge is 2.27. The minimum Gasteiger partial charge on any atom is -0.463 e. The normalized spacial score (nSPS) is 13.2. The summed E-state index contributed by atoms with van der Waals surface area (Å²) in [7, 11) is -0.827. The van der Waals surface area contributed by atoms with Gasteiger partial charge in [0.1, 0.15) is 0 Å². The first kappa shape index (κ1) is 19.1. The molecule has 0 aliphatic carbocycles. The molecule has 2 N–H and O–H groups in total. The van der Waals surface area contributed by atoms with Crippen LogP contribution in [0.1, 0.15) is 22.2 Å². The van der Waals surface area contributed by atoms with Gasteiger partial charge in [-0.3, -0.25) is 4.79 Å². The second-order valence-corrected chi connectivity index (χ2v) is 7.60. The smallest absolute Gasteiger partial charge is 0.341 e. The number of rotatable bonds is 7.